The average Bonchev–Trinajstić information content (AvgIpc) is 3.92. The largest absolute Gasteiger partial charge is 0.456 e. The van der Waals surface area contributed by atoms with E-state index in [2.05, 4.69) is 149 Å². The highest BCUT2D eigenvalue weighted by Gasteiger charge is 2.26. The monoisotopic (exact) mass is 716 g/mol. The summed E-state index contributed by atoms with van der Waals surface area (Å²) >= 11 is 0. The molecule has 0 spiro atoms. The SMILES string of the molecule is c1ccc2c(c1)Oc1ccc(-c3ccc4c(c3)c3ccccc3n4-c3nc(-c4ccc5oc6ccccc6c5c4)c4ccccc4n3)c3c4ccccc4n-2c13. The van der Waals surface area contributed by atoms with Crippen LogP contribution in [0.4, 0.5) is 0 Å². The van der Waals surface area contributed by atoms with Crippen LogP contribution in [0.15, 0.2) is 174 Å². The van der Waals surface area contributed by atoms with Crippen molar-refractivity contribution in [2.24, 2.45) is 0 Å². The molecule has 8 aromatic carbocycles. The second kappa shape index (κ2) is 10.9. The van der Waals surface area contributed by atoms with E-state index in [1.807, 2.05) is 30.3 Å². The molecule has 13 rings (SSSR count). The van der Waals surface area contributed by atoms with Gasteiger partial charge in [-0.3, -0.25) is 4.57 Å². The first kappa shape index (κ1) is 29.7. The summed E-state index contributed by atoms with van der Waals surface area (Å²) in [7, 11) is 0. The topological polar surface area (TPSA) is 58.0 Å². The Labute approximate surface area is 319 Å². The van der Waals surface area contributed by atoms with E-state index in [0.29, 0.717) is 5.95 Å². The fraction of sp³-hybridized carbons (Fsp3) is 0. The number of aromatic nitrogens is 4. The van der Waals surface area contributed by atoms with Crippen molar-refractivity contribution in [2.45, 2.75) is 0 Å². The molecule has 0 amide bonds. The Morgan fingerprint density at radius 3 is 2.02 bits per heavy atom. The maximum absolute atomic E-state index is 6.52. The first-order valence-electron chi connectivity index (χ1n) is 18.8. The molecular weight excluding hydrogens is 689 g/mol. The molecule has 6 heteroatoms. The predicted octanol–water partition coefficient (Wildman–Crippen LogP) is 13.2. The lowest BCUT2D eigenvalue weighted by Crippen LogP contribution is -2.04. The van der Waals surface area contributed by atoms with Crippen LogP contribution in [-0.2, 0) is 0 Å². The van der Waals surface area contributed by atoms with Gasteiger partial charge in [-0.2, -0.15) is 0 Å². The van der Waals surface area contributed by atoms with Gasteiger partial charge in [-0.05, 0) is 90.0 Å². The van der Waals surface area contributed by atoms with Crippen LogP contribution >= 0.6 is 0 Å². The molecule has 0 atom stereocenters. The number of nitrogens with zero attached hydrogens (tertiary/aromatic N) is 4. The van der Waals surface area contributed by atoms with E-state index >= 15 is 0 Å². The normalized spacial score (nSPS) is 12.4. The molecular formula is C50H28N4O2. The Hall–Kier alpha value is -7.70. The Balaban J connectivity index is 1.04. The third-order valence-corrected chi connectivity index (χ3v) is 11.5. The minimum Gasteiger partial charge on any atom is -0.456 e. The van der Waals surface area contributed by atoms with Gasteiger partial charge < -0.3 is 13.7 Å². The van der Waals surface area contributed by atoms with Crippen molar-refractivity contribution in [3.8, 4) is 45.5 Å². The van der Waals surface area contributed by atoms with Gasteiger partial charge in [-0.25, -0.2) is 9.97 Å². The summed E-state index contributed by atoms with van der Waals surface area (Å²) in [4.78, 5) is 10.6. The van der Waals surface area contributed by atoms with Crippen LogP contribution in [0.25, 0.3) is 110 Å². The molecule has 6 nitrogen and oxygen atoms in total. The van der Waals surface area contributed by atoms with Gasteiger partial charge in [0.25, 0.3) is 0 Å². The second-order valence-corrected chi connectivity index (χ2v) is 14.5. The maximum Gasteiger partial charge on any atom is 0.235 e. The van der Waals surface area contributed by atoms with Crippen LogP contribution in [0.2, 0.25) is 0 Å². The molecule has 0 radical (unpaired) electrons. The molecule has 0 aliphatic carbocycles. The molecule has 1 aliphatic rings. The van der Waals surface area contributed by atoms with Gasteiger partial charge in [-0.15, -0.1) is 0 Å². The fourth-order valence-electron chi connectivity index (χ4n) is 9.10. The maximum atomic E-state index is 6.52. The van der Waals surface area contributed by atoms with Gasteiger partial charge in [0.1, 0.15) is 11.2 Å². The summed E-state index contributed by atoms with van der Waals surface area (Å²) in [6, 6.07) is 59.4. The Kier molecular flexibility index (Phi) is 5.80. The smallest absolute Gasteiger partial charge is 0.235 e. The van der Waals surface area contributed by atoms with E-state index in [4.69, 9.17) is 19.1 Å². The third kappa shape index (κ3) is 3.99. The summed E-state index contributed by atoms with van der Waals surface area (Å²) in [5, 5.41) is 7.81. The Morgan fingerprint density at radius 2 is 1.11 bits per heavy atom. The van der Waals surface area contributed by atoms with Crippen LogP contribution in [0.5, 0.6) is 11.5 Å². The number of ether oxygens (including phenoxy) is 1. The van der Waals surface area contributed by atoms with Gasteiger partial charge in [0.2, 0.25) is 5.95 Å². The van der Waals surface area contributed by atoms with Crippen molar-refractivity contribution >= 4 is 76.5 Å². The van der Waals surface area contributed by atoms with Crippen molar-refractivity contribution < 1.29 is 9.15 Å². The van der Waals surface area contributed by atoms with Crippen LogP contribution < -0.4 is 4.74 Å². The summed E-state index contributed by atoms with van der Waals surface area (Å²) in [5.41, 5.74) is 12.2. The van der Waals surface area contributed by atoms with Crippen molar-refractivity contribution in [3.63, 3.8) is 0 Å². The molecule has 0 saturated heterocycles. The number of hydrogen-bond donors (Lipinski definition) is 0. The summed E-state index contributed by atoms with van der Waals surface area (Å²) in [6.07, 6.45) is 0. The van der Waals surface area contributed by atoms with Gasteiger partial charge in [0.05, 0.1) is 39.0 Å². The first-order valence-corrected chi connectivity index (χ1v) is 18.8. The summed E-state index contributed by atoms with van der Waals surface area (Å²) in [5.74, 6) is 2.35. The van der Waals surface area contributed by atoms with Crippen LogP contribution in [0.1, 0.15) is 0 Å². The lowest BCUT2D eigenvalue weighted by molar-refractivity contribution is 0.476. The fourth-order valence-corrected chi connectivity index (χ4v) is 9.10. The molecule has 0 fully saturated rings. The van der Waals surface area contributed by atoms with Gasteiger partial charge in [0, 0.05) is 43.3 Å². The lowest BCUT2D eigenvalue weighted by atomic mass is 9.97. The van der Waals surface area contributed by atoms with Crippen molar-refractivity contribution in [3.05, 3.63) is 170 Å². The second-order valence-electron chi connectivity index (χ2n) is 14.5. The van der Waals surface area contributed by atoms with E-state index in [9.17, 15) is 0 Å². The molecule has 0 unspecified atom stereocenters. The lowest BCUT2D eigenvalue weighted by Gasteiger charge is -2.21. The van der Waals surface area contributed by atoms with Gasteiger partial charge >= 0.3 is 0 Å². The molecule has 4 aromatic heterocycles. The number of fused-ring (bicyclic) bond motifs is 12. The molecule has 0 N–H and O–H groups in total. The molecule has 56 heavy (non-hydrogen) atoms. The number of rotatable bonds is 3. The van der Waals surface area contributed by atoms with E-state index in [-0.39, 0.29) is 0 Å². The highest BCUT2D eigenvalue weighted by molar-refractivity contribution is 6.19. The molecule has 0 bridgehead atoms. The zero-order valence-electron chi connectivity index (χ0n) is 29.8. The van der Waals surface area contributed by atoms with Crippen molar-refractivity contribution in [1.82, 2.24) is 19.1 Å². The van der Waals surface area contributed by atoms with E-state index in [1.54, 1.807) is 0 Å². The number of furan rings is 1. The standard InChI is InChI=1S/C50H28N4O2/c1-5-15-38-34(13-1)48(30-22-25-44-37(28-30)33-12-4-9-19-43(33)55-44)52-50(51-38)54-39-16-6-2-11-32(39)36-27-29(21-24-41(36)54)31-23-26-46-49-47(31)35-14-3-7-17-40(35)53(49)42-18-8-10-20-45(42)56-46/h1-28H. The Morgan fingerprint density at radius 1 is 0.429 bits per heavy atom. The highest BCUT2D eigenvalue weighted by Crippen LogP contribution is 2.49. The molecule has 1 aliphatic heterocycles. The zero-order valence-corrected chi connectivity index (χ0v) is 29.8. The van der Waals surface area contributed by atoms with Crippen LogP contribution in [-0.4, -0.2) is 19.1 Å². The summed E-state index contributed by atoms with van der Waals surface area (Å²) < 4.78 is 17.3. The van der Waals surface area contributed by atoms with Crippen LogP contribution in [0, 0.1) is 0 Å². The molecule has 5 heterocycles. The minimum absolute atomic E-state index is 0.627. The van der Waals surface area contributed by atoms with Crippen molar-refractivity contribution in [1.29, 1.82) is 0 Å². The molecule has 12 aromatic rings. The van der Waals surface area contributed by atoms with E-state index in [0.717, 1.165) is 105 Å². The first-order chi connectivity index (χ1) is 27.8. The van der Waals surface area contributed by atoms with E-state index in [1.165, 1.54) is 10.8 Å². The number of hydrogen-bond acceptors (Lipinski definition) is 4. The Bertz CT molecular complexity index is 3640. The summed E-state index contributed by atoms with van der Waals surface area (Å²) in [6.45, 7) is 0. The van der Waals surface area contributed by atoms with Crippen molar-refractivity contribution in [2.75, 3.05) is 0 Å². The number of benzene rings is 8. The average molecular weight is 717 g/mol. The highest BCUT2D eigenvalue weighted by atomic mass is 16.5. The quantitative estimate of drug-likeness (QED) is 0.183. The van der Waals surface area contributed by atoms with Crippen LogP contribution in [0.3, 0.4) is 0 Å². The third-order valence-electron chi connectivity index (χ3n) is 11.5. The molecule has 0 saturated carbocycles. The van der Waals surface area contributed by atoms with Gasteiger partial charge in [0.15, 0.2) is 11.5 Å². The van der Waals surface area contributed by atoms with Gasteiger partial charge in [-0.1, -0.05) is 91.0 Å². The predicted molar refractivity (Wildman–Crippen MR) is 226 cm³/mol. The zero-order chi connectivity index (χ0) is 36.5. The molecule has 260 valence electrons. The van der Waals surface area contributed by atoms with E-state index < -0.39 is 0 Å². The minimum atomic E-state index is 0.627. The number of para-hydroxylation sites is 6.